The van der Waals surface area contributed by atoms with Crippen LogP contribution >= 0.6 is 11.8 Å². The van der Waals surface area contributed by atoms with E-state index < -0.39 is 9.84 Å². The van der Waals surface area contributed by atoms with Crippen molar-refractivity contribution in [1.29, 1.82) is 0 Å². The third kappa shape index (κ3) is 4.70. The third-order valence-corrected chi connectivity index (χ3v) is 8.16. The van der Waals surface area contributed by atoms with E-state index in [0.717, 1.165) is 16.8 Å². The Balaban J connectivity index is 1.31. The maximum absolute atomic E-state index is 12.4. The van der Waals surface area contributed by atoms with E-state index in [9.17, 15) is 13.2 Å². The van der Waals surface area contributed by atoms with Crippen molar-refractivity contribution in [3.63, 3.8) is 0 Å². The molecule has 8 nitrogen and oxygen atoms in total. The lowest BCUT2D eigenvalue weighted by atomic mass is 10.1. The minimum absolute atomic E-state index is 0.0868. The van der Waals surface area contributed by atoms with Gasteiger partial charge >= 0.3 is 0 Å². The van der Waals surface area contributed by atoms with E-state index in [4.69, 9.17) is 4.42 Å². The molecule has 1 saturated heterocycles. The molecule has 3 aromatic rings. The van der Waals surface area contributed by atoms with Gasteiger partial charge in [-0.2, -0.15) is 0 Å². The lowest BCUT2D eigenvalue weighted by molar-refractivity contribution is -0.119. The van der Waals surface area contributed by atoms with Gasteiger partial charge in [0.15, 0.2) is 15.0 Å². The van der Waals surface area contributed by atoms with Gasteiger partial charge in [-0.3, -0.25) is 4.79 Å². The summed E-state index contributed by atoms with van der Waals surface area (Å²) >= 11 is 1.30. The molecule has 0 spiro atoms. The summed E-state index contributed by atoms with van der Waals surface area (Å²) in [6.45, 7) is 1.89. The summed E-state index contributed by atoms with van der Waals surface area (Å²) in [7, 11) is -1.07. The van der Waals surface area contributed by atoms with Crippen LogP contribution in [0.1, 0.15) is 31.0 Å². The van der Waals surface area contributed by atoms with Crippen LogP contribution in [-0.4, -0.2) is 46.3 Å². The summed E-state index contributed by atoms with van der Waals surface area (Å²) in [5, 5.41) is 12.9. The van der Waals surface area contributed by atoms with Crippen LogP contribution in [0.15, 0.2) is 39.9 Å². The van der Waals surface area contributed by atoms with Crippen LogP contribution in [0.3, 0.4) is 0 Å². The molecule has 160 valence electrons. The van der Waals surface area contributed by atoms with Crippen molar-refractivity contribution < 1.29 is 17.6 Å². The fourth-order valence-corrected chi connectivity index (χ4v) is 6.24. The monoisotopic (exact) mass is 448 g/mol. The van der Waals surface area contributed by atoms with Gasteiger partial charge in [-0.15, -0.1) is 10.2 Å². The van der Waals surface area contributed by atoms with Gasteiger partial charge in [-0.05, 0) is 31.4 Å². The van der Waals surface area contributed by atoms with Crippen molar-refractivity contribution in [2.45, 2.75) is 31.0 Å². The van der Waals surface area contributed by atoms with Gasteiger partial charge < -0.3 is 14.3 Å². The molecule has 2 atom stereocenters. The highest BCUT2D eigenvalue weighted by Gasteiger charge is 2.29. The first-order valence-electron chi connectivity index (χ1n) is 9.80. The second-order valence-corrected chi connectivity index (χ2v) is 10.9. The largest absolute Gasteiger partial charge is 0.459 e. The number of para-hydroxylation sites is 1. The Hall–Kier alpha value is -2.33. The van der Waals surface area contributed by atoms with Crippen molar-refractivity contribution >= 4 is 38.5 Å². The van der Waals surface area contributed by atoms with E-state index >= 15 is 0 Å². The van der Waals surface area contributed by atoms with Gasteiger partial charge in [-0.1, -0.05) is 30.0 Å². The van der Waals surface area contributed by atoms with Crippen molar-refractivity contribution in [3.8, 4) is 0 Å². The number of sulfone groups is 1. The number of benzene rings is 1. The topological polar surface area (TPSA) is 107 Å². The molecule has 4 rings (SSSR count). The molecule has 1 aromatic carbocycles. The SMILES string of the molecule is C[C@H](NC(=O)CSc1nnc(C[C@@H]2CCS(=O)(=O)C2)n1C)c1cc2ccccc2o1. The summed E-state index contributed by atoms with van der Waals surface area (Å²) in [4.78, 5) is 12.4. The fraction of sp³-hybridized carbons (Fsp3) is 0.450. The van der Waals surface area contributed by atoms with E-state index in [0.29, 0.717) is 23.8 Å². The van der Waals surface area contributed by atoms with Gasteiger partial charge in [0.1, 0.15) is 17.2 Å². The Morgan fingerprint density at radius 2 is 2.17 bits per heavy atom. The molecule has 1 amide bonds. The molecule has 3 heterocycles. The molecule has 1 aliphatic rings. The number of hydrogen-bond donors (Lipinski definition) is 1. The summed E-state index contributed by atoms with van der Waals surface area (Å²) in [5.74, 6) is 2.08. The van der Waals surface area contributed by atoms with Crippen molar-refractivity contribution in [2.24, 2.45) is 13.0 Å². The van der Waals surface area contributed by atoms with Crippen LogP contribution in [0.5, 0.6) is 0 Å². The average molecular weight is 449 g/mol. The average Bonchev–Trinajstić information content (AvgIpc) is 3.38. The fourth-order valence-electron chi connectivity index (χ4n) is 3.64. The number of amides is 1. The van der Waals surface area contributed by atoms with Crippen LogP contribution in [0.2, 0.25) is 0 Å². The van der Waals surface area contributed by atoms with Gasteiger partial charge in [0.05, 0.1) is 23.3 Å². The third-order valence-electron chi connectivity index (χ3n) is 5.30. The van der Waals surface area contributed by atoms with E-state index in [1.807, 2.05) is 48.9 Å². The molecule has 10 heteroatoms. The molecule has 0 saturated carbocycles. The number of carbonyl (C=O) groups is 1. The first kappa shape index (κ1) is 20.9. The standard InChI is InChI=1S/C20H24N4O4S2/c1-13(17-10-15-5-3-4-6-16(15)28-17)21-19(25)11-29-20-23-22-18(24(20)2)9-14-7-8-30(26,27)12-14/h3-6,10,13-14H,7-9,11-12H2,1-2H3,(H,21,25)/t13-,14-/m0/s1. The lowest BCUT2D eigenvalue weighted by Crippen LogP contribution is -2.28. The number of carbonyl (C=O) groups excluding carboxylic acids is 1. The predicted octanol–water partition coefficient (Wildman–Crippen LogP) is 2.51. The smallest absolute Gasteiger partial charge is 0.231 e. The maximum Gasteiger partial charge on any atom is 0.231 e. The zero-order valence-corrected chi connectivity index (χ0v) is 18.5. The first-order chi connectivity index (χ1) is 14.3. The van der Waals surface area contributed by atoms with Gasteiger partial charge in [0.2, 0.25) is 5.91 Å². The predicted molar refractivity (Wildman–Crippen MR) is 115 cm³/mol. The normalized spacial score (nSPS) is 19.2. The van der Waals surface area contributed by atoms with E-state index in [-0.39, 0.29) is 35.1 Å². The molecule has 0 bridgehead atoms. The number of nitrogens with zero attached hydrogens (tertiary/aromatic N) is 3. The molecule has 2 aromatic heterocycles. The van der Waals surface area contributed by atoms with Crippen molar-refractivity contribution in [1.82, 2.24) is 20.1 Å². The summed E-state index contributed by atoms with van der Waals surface area (Å²) in [5.41, 5.74) is 0.796. The number of furan rings is 1. The van der Waals surface area contributed by atoms with E-state index in [1.54, 1.807) is 0 Å². The van der Waals surface area contributed by atoms with Crippen molar-refractivity contribution in [2.75, 3.05) is 17.3 Å². The molecule has 1 fully saturated rings. The molecule has 1 aliphatic heterocycles. The van der Waals surface area contributed by atoms with E-state index in [2.05, 4.69) is 15.5 Å². The van der Waals surface area contributed by atoms with Crippen LogP contribution < -0.4 is 5.32 Å². The zero-order chi connectivity index (χ0) is 21.3. The second kappa shape index (κ2) is 8.43. The minimum Gasteiger partial charge on any atom is -0.459 e. The molecular formula is C20H24N4O4S2. The Bertz CT molecular complexity index is 1140. The maximum atomic E-state index is 12.4. The summed E-state index contributed by atoms with van der Waals surface area (Å²) in [6.07, 6.45) is 1.25. The minimum atomic E-state index is -2.91. The Labute approximate surface area is 179 Å². The van der Waals surface area contributed by atoms with Gasteiger partial charge in [-0.25, -0.2) is 8.42 Å². The van der Waals surface area contributed by atoms with Gasteiger partial charge in [0.25, 0.3) is 0 Å². The number of nitrogens with one attached hydrogen (secondary N) is 1. The van der Waals surface area contributed by atoms with Crippen LogP contribution in [0.25, 0.3) is 11.0 Å². The quantitative estimate of drug-likeness (QED) is 0.553. The summed E-state index contributed by atoms with van der Waals surface area (Å²) < 4.78 is 30.9. The van der Waals surface area contributed by atoms with Crippen molar-refractivity contribution in [3.05, 3.63) is 41.9 Å². The zero-order valence-electron chi connectivity index (χ0n) is 16.9. The van der Waals surface area contributed by atoms with Crippen LogP contribution in [0, 0.1) is 5.92 Å². The molecule has 0 unspecified atom stereocenters. The number of rotatable bonds is 7. The molecule has 1 N–H and O–H groups in total. The highest BCUT2D eigenvalue weighted by atomic mass is 32.2. The number of aromatic nitrogens is 3. The summed E-state index contributed by atoms with van der Waals surface area (Å²) in [6, 6.07) is 9.42. The molecule has 30 heavy (non-hydrogen) atoms. The highest BCUT2D eigenvalue weighted by Crippen LogP contribution is 2.25. The molecule has 0 radical (unpaired) electrons. The number of fused-ring (bicyclic) bond motifs is 1. The van der Waals surface area contributed by atoms with E-state index in [1.165, 1.54) is 11.8 Å². The molecular weight excluding hydrogens is 424 g/mol. The number of thioether (sulfide) groups is 1. The number of hydrogen-bond acceptors (Lipinski definition) is 7. The Morgan fingerprint density at radius 3 is 2.90 bits per heavy atom. The Kier molecular flexibility index (Phi) is 5.88. The van der Waals surface area contributed by atoms with Crippen LogP contribution in [-0.2, 0) is 28.1 Å². The Morgan fingerprint density at radius 1 is 1.37 bits per heavy atom. The molecule has 0 aliphatic carbocycles. The van der Waals surface area contributed by atoms with Crippen LogP contribution in [0.4, 0.5) is 0 Å². The highest BCUT2D eigenvalue weighted by molar-refractivity contribution is 7.99. The first-order valence-corrected chi connectivity index (χ1v) is 12.6. The lowest BCUT2D eigenvalue weighted by Gasteiger charge is -2.11. The second-order valence-electron chi connectivity index (χ2n) is 7.70. The van der Waals surface area contributed by atoms with Gasteiger partial charge in [0, 0.05) is 18.9 Å².